The first kappa shape index (κ1) is 11.9. The molecule has 0 aliphatic rings. The molecule has 0 radical (unpaired) electrons. The van der Waals surface area contributed by atoms with Crippen LogP contribution in [0.25, 0.3) is 0 Å². The van der Waals surface area contributed by atoms with Crippen LogP contribution in [0, 0.1) is 0 Å². The van der Waals surface area contributed by atoms with E-state index in [9.17, 15) is 4.79 Å². The zero-order chi connectivity index (χ0) is 12.3. The lowest BCUT2D eigenvalue weighted by molar-refractivity contribution is 0.102. The van der Waals surface area contributed by atoms with E-state index in [0.29, 0.717) is 15.6 Å². The smallest absolute Gasteiger partial charge is 0.274 e. The monoisotopic (exact) mass is 265 g/mol. The SMILES string of the molecule is O=C(Nc1cccc(S)c1Cl)c1ccncn1. The van der Waals surface area contributed by atoms with Crippen molar-refractivity contribution >= 4 is 35.8 Å². The van der Waals surface area contributed by atoms with Crippen molar-refractivity contribution in [2.75, 3.05) is 5.32 Å². The molecule has 1 N–H and O–H groups in total. The van der Waals surface area contributed by atoms with E-state index in [1.807, 2.05) is 0 Å². The Morgan fingerprint density at radius 3 is 2.88 bits per heavy atom. The summed E-state index contributed by atoms with van der Waals surface area (Å²) >= 11 is 10.2. The van der Waals surface area contributed by atoms with E-state index in [1.54, 1.807) is 18.2 Å². The second-order valence-electron chi connectivity index (χ2n) is 3.19. The first-order chi connectivity index (χ1) is 8.18. The highest BCUT2D eigenvalue weighted by Crippen LogP contribution is 2.28. The van der Waals surface area contributed by atoms with Crippen LogP contribution < -0.4 is 5.32 Å². The molecule has 1 aromatic heterocycles. The van der Waals surface area contributed by atoms with Crippen LogP contribution in [0.3, 0.4) is 0 Å². The lowest BCUT2D eigenvalue weighted by Gasteiger charge is -2.07. The minimum absolute atomic E-state index is 0.278. The molecule has 17 heavy (non-hydrogen) atoms. The number of thiol groups is 1. The molecule has 86 valence electrons. The summed E-state index contributed by atoms with van der Waals surface area (Å²) in [6.45, 7) is 0. The second-order valence-corrected chi connectivity index (χ2v) is 4.05. The van der Waals surface area contributed by atoms with Crippen molar-refractivity contribution in [1.29, 1.82) is 0 Å². The largest absolute Gasteiger partial charge is 0.319 e. The predicted molar refractivity (Wildman–Crippen MR) is 68.7 cm³/mol. The van der Waals surface area contributed by atoms with Gasteiger partial charge in [0, 0.05) is 11.1 Å². The van der Waals surface area contributed by atoms with Gasteiger partial charge in [-0.3, -0.25) is 4.79 Å². The molecule has 1 aromatic carbocycles. The highest BCUT2D eigenvalue weighted by molar-refractivity contribution is 7.80. The number of rotatable bonds is 2. The topological polar surface area (TPSA) is 54.9 Å². The van der Waals surface area contributed by atoms with E-state index in [2.05, 4.69) is 27.9 Å². The van der Waals surface area contributed by atoms with Gasteiger partial charge in [0.2, 0.25) is 0 Å². The quantitative estimate of drug-likeness (QED) is 0.821. The fourth-order valence-corrected chi connectivity index (χ4v) is 1.61. The molecule has 0 saturated carbocycles. The number of anilines is 1. The Hall–Kier alpha value is -1.59. The van der Waals surface area contributed by atoms with Gasteiger partial charge >= 0.3 is 0 Å². The number of nitrogens with one attached hydrogen (secondary N) is 1. The van der Waals surface area contributed by atoms with Crippen LogP contribution in [0.2, 0.25) is 5.02 Å². The second kappa shape index (κ2) is 5.16. The third-order valence-electron chi connectivity index (χ3n) is 2.04. The number of carbonyl (C=O) groups excluding carboxylic acids is 1. The Bertz CT molecular complexity index is 548. The van der Waals surface area contributed by atoms with Gasteiger partial charge < -0.3 is 5.32 Å². The number of amides is 1. The summed E-state index contributed by atoms with van der Waals surface area (Å²) in [4.78, 5) is 20.0. The summed E-state index contributed by atoms with van der Waals surface area (Å²) in [7, 11) is 0. The molecule has 1 heterocycles. The van der Waals surface area contributed by atoms with E-state index in [-0.39, 0.29) is 11.6 Å². The minimum Gasteiger partial charge on any atom is -0.319 e. The Labute approximate surface area is 108 Å². The van der Waals surface area contributed by atoms with Gasteiger partial charge in [-0.05, 0) is 18.2 Å². The zero-order valence-corrected chi connectivity index (χ0v) is 10.2. The Kier molecular flexibility index (Phi) is 3.61. The third-order valence-corrected chi connectivity index (χ3v) is 2.95. The van der Waals surface area contributed by atoms with E-state index in [0.717, 1.165) is 0 Å². The maximum atomic E-state index is 11.8. The normalized spacial score (nSPS) is 10.0. The van der Waals surface area contributed by atoms with Crippen LogP contribution in [0.4, 0.5) is 5.69 Å². The predicted octanol–water partition coefficient (Wildman–Crippen LogP) is 2.67. The van der Waals surface area contributed by atoms with Crippen molar-refractivity contribution in [3.63, 3.8) is 0 Å². The van der Waals surface area contributed by atoms with Crippen molar-refractivity contribution in [3.8, 4) is 0 Å². The van der Waals surface area contributed by atoms with Gasteiger partial charge in [0.15, 0.2) is 0 Å². The highest BCUT2D eigenvalue weighted by Gasteiger charge is 2.10. The van der Waals surface area contributed by atoms with Crippen LogP contribution in [-0.2, 0) is 0 Å². The van der Waals surface area contributed by atoms with E-state index >= 15 is 0 Å². The molecule has 0 fully saturated rings. The molecule has 0 spiro atoms. The molecular formula is C11H8ClN3OS. The Balaban J connectivity index is 2.22. The first-order valence-corrected chi connectivity index (χ1v) is 5.56. The fourth-order valence-electron chi connectivity index (χ4n) is 1.23. The van der Waals surface area contributed by atoms with Gasteiger partial charge in [-0.2, -0.15) is 0 Å². The molecule has 2 rings (SSSR count). The lowest BCUT2D eigenvalue weighted by atomic mass is 10.3. The number of aromatic nitrogens is 2. The molecule has 1 amide bonds. The number of nitrogens with zero attached hydrogens (tertiary/aromatic N) is 2. The maximum Gasteiger partial charge on any atom is 0.274 e. The van der Waals surface area contributed by atoms with Crippen molar-refractivity contribution < 1.29 is 4.79 Å². The van der Waals surface area contributed by atoms with Gasteiger partial charge in [0.25, 0.3) is 5.91 Å². The number of carbonyl (C=O) groups is 1. The number of hydrogen-bond donors (Lipinski definition) is 2. The zero-order valence-electron chi connectivity index (χ0n) is 8.59. The van der Waals surface area contributed by atoms with Gasteiger partial charge in [0.1, 0.15) is 12.0 Å². The number of benzene rings is 1. The van der Waals surface area contributed by atoms with Gasteiger partial charge in [0.05, 0.1) is 10.7 Å². The van der Waals surface area contributed by atoms with Gasteiger partial charge in [-0.1, -0.05) is 17.7 Å². The molecule has 0 bridgehead atoms. The summed E-state index contributed by atoms with van der Waals surface area (Å²) in [6.07, 6.45) is 2.81. The average molecular weight is 266 g/mol. The van der Waals surface area contributed by atoms with Crippen molar-refractivity contribution in [2.24, 2.45) is 0 Å². The Morgan fingerprint density at radius 1 is 1.35 bits per heavy atom. The third kappa shape index (κ3) is 2.75. The summed E-state index contributed by atoms with van der Waals surface area (Å²) in [6, 6.07) is 6.71. The van der Waals surface area contributed by atoms with Crippen LogP contribution in [0.15, 0.2) is 41.7 Å². The van der Waals surface area contributed by atoms with Crippen molar-refractivity contribution in [1.82, 2.24) is 9.97 Å². The van der Waals surface area contributed by atoms with Gasteiger partial charge in [-0.25, -0.2) is 9.97 Å². The molecule has 6 heteroatoms. The van der Waals surface area contributed by atoms with Crippen LogP contribution in [0.5, 0.6) is 0 Å². The Morgan fingerprint density at radius 2 is 2.18 bits per heavy atom. The highest BCUT2D eigenvalue weighted by atomic mass is 35.5. The lowest BCUT2D eigenvalue weighted by Crippen LogP contribution is -2.13. The molecule has 0 atom stereocenters. The number of hydrogen-bond acceptors (Lipinski definition) is 4. The van der Waals surface area contributed by atoms with E-state index in [1.165, 1.54) is 18.6 Å². The van der Waals surface area contributed by atoms with Crippen LogP contribution in [0.1, 0.15) is 10.5 Å². The molecule has 4 nitrogen and oxygen atoms in total. The van der Waals surface area contributed by atoms with Crippen molar-refractivity contribution in [2.45, 2.75) is 4.90 Å². The molecular weight excluding hydrogens is 258 g/mol. The van der Waals surface area contributed by atoms with E-state index in [4.69, 9.17) is 11.6 Å². The summed E-state index contributed by atoms with van der Waals surface area (Å²) < 4.78 is 0. The van der Waals surface area contributed by atoms with Crippen LogP contribution in [-0.4, -0.2) is 15.9 Å². The van der Waals surface area contributed by atoms with Crippen LogP contribution >= 0.6 is 24.2 Å². The molecule has 2 aromatic rings. The van der Waals surface area contributed by atoms with E-state index < -0.39 is 0 Å². The van der Waals surface area contributed by atoms with Crippen molar-refractivity contribution in [3.05, 3.63) is 47.5 Å². The van der Waals surface area contributed by atoms with Gasteiger partial charge in [-0.15, -0.1) is 12.6 Å². The summed E-state index contributed by atoms with van der Waals surface area (Å²) in [5, 5.41) is 3.06. The maximum absolute atomic E-state index is 11.8. The molecule has 0 aliphatic carbocycles. The minimum atomic E-state index is -0.340. The first-order valence-electron chi connectivity index (χ1n) is 4.73. The summed E-state index contributed by atoms with van der Waals surface area (Å²) in [5.41, 5.74) is 0.781. The summed E-state index contributed by atoms with van der Waals surface area (Å²) in [5.74, 6) is -0.340. The standard InChI is InChI=1S/C11H8ClN3OS/c12-10-7(2-1-3-9(10)17)15-11(16)8-4-5-13-6-14-8/h1-6,17H,(H,15,16). The molecule has 0 unspecified atom stereocenters. The average Bonchev–Trinajstić information content (AvgIpc) is 2.36. The fraction of sp³-hybridized carbons (Fsp3) is 0. The number of halogens is 1. The molecule has 0 aliphatic heterocycles. The molecule has 0 saturated heterocycles.